The van der Waals surface area contributed by atoms with Gasteiger partial charge in [0.05, 0.1) is 5.69 Å². The summed E-state index contributed by atoms with van der Waals surface area (Å²) in [5.74, 6) is 0.797. The van der Waals surface area contributed by atoms with Crippen molar-refractivity contribution in [2.24, 2.45) is 4.99 Å². The molecule has 18 heavy (non-hydrogen) atoms. The van der Waals surface area contributed by atoms with E-state index < -0.39 is 0 Å². The third kappa shape index (κ3) is 5.24. The maximum Gasteiger partial charge on any atom is 0.190 e. The topological polar surface area (TPSA) is 54.2 Å². The first-order chi connectivity index (χ1) is 8.21. The van der Waals surface area contributed by atoms with E-state index in [0.29, 0.717) is 0 Å². The molecule has 0 amide bonds. The largest absolute Gasteiger partial charge is 0.359 e. The van der Waals surface area contributed by atoms with Gasteiger partial charge in [0, 0.05) is 38.9 Å². The van der Waals surface area contributed by atoms with E-state index in [1.165, 1.54) is 18.4 Å². The number of unbranched alkanes of at least 4 members (excludes halogenated alkanes) is 1. The average Bonchev–Trinajstić information content (AvgIpc) is 2.69. The number of rotatable bonds is 5. The van der Waals surface area contributed by atoms with Gasteiger partial charge in [-0.1, -0.05) is 13.3 Å². The van der Waals surface area contributed by atoms with E-state index in [1.54, 1.807) is 7.05 Å². The number of aromatic nitrogens is 2. The Morgan fingerprint density at radius 2 is 2.22 bits per heavy atom. The Balaban J connectivity index is 0.00000289. The van der Waals surface area contributed by atoms with Crippen LogP contribution in [0.2, 0.25) is 0 Å². The Kier molecular flexibility index (Phi) is 8.78. The lowest BCUT2D eigenvalue weighted by Crippen LogP contribution is -2.34. The van der Waals surface area contributed by atoms with Crippen LogP contribution in [-0.4, -0.2) is 29.8 Å². The number of guanidine groups is 1. The minimum atomic E-state index is 0. The summed E-state index contributed by atoms with van der Waals surface area (Å²) < 4.78 is 2.03. The van der Waals surface area contributed by atoms with E-state index in [4.69, 9.17) is 0 Å². The number of halogens is 1. The number of aryl methyl sites for hydroxylation is 2. The molecule has 0 spiro atoms. The lowest BCUT2D eigenvalue weighted by Gasteiger charge is -2.07. The van der Waals surface area contributed by atoms with Crippen LogP contribution in [0.5, 0.6) is 0 Å². The van der Waals surface area contributed by atoms with Gasteiger partial charge in [-0.15, -0.1) is 24.0 Å². The molecule has 1 aromatic heterocycles. The van der Waals surface area contributed by atoms with Crippen molar-refractivity contribution in [3.8, 4) is 0 Å². The lowest BCUT2D eigenvalue weighted by atomic mass is 10.2. The van der Waals surface area contributed by atoms with Crippen LogP contribution < -0.4 is 10.6 Å². The molecule has 0 fully saturated rings. The molecule has 2 N–H and O–H groups in total. The molecular formula is C12H24IN5. The van der Waals surface area contributed by atoms with E-state index >= 15 is 0 Å². The Labute approximate surface area is 126 Å². The van der Waals surface area contributed by atoms with Crippen LogP contribution in [0.1, 0.15) is 31.0 Å². The average molecular weight is 365 g/mol. The maximum atomic E-state index is 4.49. The van der Waals surface area contributed by atoms with Gasteiger partial charge >= 0.3 is 0 Å². The van der Waals surface area contributed by atoms with Gasteiger partial charge in [0.2, 0.25) is 0 Å². The third-order valence-electron chi connectivity index (χ3n) is 2.70. The van der Waals surface area contributed by atoms with Crippen molar-refractivity contribution < 1.29 is 0 Å². The fraction of sp³-hybridized carbons (Fsp3) is 0.667. The van der Waals surface area contributed by atoms with Crippen LogP contribution in [0.25, 0.3) is 0 Å². The van der Waals surface area contributed by atoms with Crippen LogP contribution in [0.4, 0.5) is 0 Å². The monoisotopic (exact) mass is 365 g/mol. The highest BCUT2D eigenvalue weighted by Gasteiger charge is 2.05. The molecule has 0 aliphatic carbocycles. The third-order valence-corrected chi connectivity index (χ3v) is 2.70. The second kappa shape index (κ2) is 9.18. The Bertz CT molecular complexity index is 373. The Morgan fingerprint density at radius 3 is 2.78 bits per heavy atom. The minimum absolute atomic E-state index is 0. The molecular weight excluding hydrogens is 341 g/mol. The molecule has 0 aliphatic rings. The van der Waals surface area contributed by atoms with Crippen LogP contribution >= 0.6 is 24.0 Å². The van der Waals surface area contributed by atoms with E-state index in [0.717, 1.165) is 24.7 Å². The molecule has 0 aliphatic heterocycles. The summed E-state index contributed by atoms with van der Waals surface area (Å²) in [6.45, 7) is 5.99. The minimum Gasteiger partial charge on any atom is -0.359 e. The molecule has 5 nitrogen and oxygen atoms in total. The lowest BCUT2D eigenvalue weighted by molar-refractivity contribution is 0.568. The van der Waals surface area contributed by atoms with Crippen molar-refractivity contribution in [1.29, 1.82) is 0 Å². The number of nitrogens with one attached hydrogen (secondary N) is 2. The van der Waals surface area contributed by atoms with Gasteiger partial charge in [-0.25, -0.2) is 0 Å². The fourth-order valence-corrected chi connectivity index (χ4v) is 1.63. The molecule has 0 bridgehead atoms. The van der Waals surface area contributed by atoms with E-state index in [2.05, 4.69) is 33.8 Å². The van der Waals surface area contributed by atoms with E-state index in [9.17, 15) is 0 Å². The molecule has 6 heteroatoms. The van der Waals surface area contributed by atoms with E-state index in [-0.39, 0.29) is 24.0 Å². The van der Waals surface area contributed by atoms with Gasteiger partial charge in [0.1, 0.15) is 0 Å². The van der Waals surface area contributed by atoms with Crippen LogP contribution in [0.3, 0.4) is 0 Å². The molecule has 0 saturated heterocycles. The summed E-state index contributed by atoms with van der Waals surface area (Å²) in [6, 6.07) is 0. The molecule has 0 radical (unpaired) electrons. The van der Waals surface area contributed by atoms with Gasteiger partial charge in [-0.2, -0.15) is 5.10 Å². The quantitative estimate of drug-likeness (QED) is 0.476. The van der Waals surface area contributed by atoms with Gasteiger partial charge in [-0.3, -0.25) is 9.67 Å². The van der Waals surface area contributed by atoms with Crippen molar-refractivity contribution in [3.63, 3.8) is 0 Å². The summed E-state index contributed by atoms with van der Waals surface area (Å²) in [7, 11) is 3.61. The SMILES string of the molecule is CCCCn1cc(CNC(=NC)NC)c(C)n1.I. The first-order valence-electron chi connectivity index (χ1n) is 6.12. The number of aliphatic imine (C=N–C) groups is 1. The summed E-state index contributed by atoms with van der Waals surface area (Å²) in [6.07, 6.45) is 4.48. The van der Waals surface area contributed by atoms with Crippen LogP contribution in [0.15, 0.2) is 11.2 Å². The summed E-state index contributed by atoms with van der Waals surface area (Å²) >= 11 is 0. The summed E-state index contributed by atoms with van der Waals surface area (Å²) in [5.41, 5.74) is 2.30. The second-order valence-electron chi connectivity index (χ2n) is 4.03. The highest BCUT2D eigenvalue weighted by molar-refractivity contribution is 14.0. The second-order valence-corrected chi connectivity index (χ2v) is 4.03. The zero-order chi connectivity index (χ0) is 12.7. The molecule has 0 saturated carbocycles. The number of hydrogen-bond acceptors (Lipinski definition) is 2. The summed E-state index contributed by atoms with van der Waals surface area (Å²) in [4.78, 5) is 4.07. The van der Waals surface area contributed by atoms with E-state index in [1.807, 2.05) is 18.7 Å². The van der Waals surface area contributed by atoms with Crippen molar-refractivity contribution in [2.45, 2.75) is 39.8 Å². The van der Waals surface area contributed by atoms with Crippen molar-refractivity contribution in [1.82, 2.24) is 20.4 Å². The first-order valence-corrected chi connectivity index (χ1v) is 6.12. The molecule has 1 aromatic rings. The molecule has 104 valence electrons. The van der Waals surface area contributed by atoms with Crippen molar-refractivity contribution in [3.05, 3.63) is 17.5 Å². The Morgan fingerprint density at radius 1 is 1.50 bits per heavy atom. The van der Waals surface area contributed by atoms with Gasteiger partial charge < -0.3 is 10.6 Å². The normalized spacial score (nSPS) is 11.0. The molecule has 1 heterocycles. The van der Waals surface area contributed by atoms with Crippen LogP contribution in [0, 0.1) is 6.92 Å². The maximum absolute atomic E-state index is 4.49. The van der Waals surface area contributed by atoms with Gasteiger partial charge in [0.15, 0.2) is 5.96 Å². The smallest absolute Gasteiger partial charge is 0.190 e. The zero-order valence-corrected chi connectivity index (χ0v) is 14.0. The summed E-state index contributed by atoms with van der Waals surface area (Å²) in [5, 5.41) is 10.7. The predicted molar refractivity (Wildman–Crippen MR) is 86.5 cm³/mol. The van der Waals surface area contributed by atoms with Crippen molar-refractivity contribution >= 4 is 29.9 Å². The standard InChI is InChI=1S/C12H23N5.HI/c1-5-6-7-17-9-11(10(2)16-17)8-15-12(13-3)14-4;/h9H,5-8H2,1-4H3,(H2,13,14,15);1H. The number of hydrogen-bond donors (Lipinski definition) is 2. The van der Waals surface area contributed by atoms with Crippen molar-refractivity contribution in [2.75, 3.05) is 14.1 Å². The molecule has 0 atom stereocenters. The Hall–Kier alpha value is -0.790. The van der Waals surface area contributed by atoms with Gasteiger partial charge in [0.25, 0.3) is 0 Å². The highest BCUT2D eigenvalue weighted by Crippen LogP contribution is 2.06. The van der Waals surface area contributed by atoms with Gasteiger partial charge in [-0.05, 0) is 13.3 Å². The fourth-order valence-electron chi connectivity index (χ4n) is 1.63. The molecule has 1 rings (SSSR count). The van der Waals surface area contributed by atoms with Crippen LogP contribution in [-0.2, 0) is 13.1 Å². The highest BCUT2D eigenvalue weighted by atomic mass is 127. The first kappa shape index (κ1) is 17.2. The number of nitrogens with zero attached hydrogens (tertiary/aromatic N) is 3. The zero-order valence-electron chi connectivity index (χ0n) is 11.7. The molecule has 0 unspecified atom stereocenters. The predicted octanol–water partition coefficient (Wildman–Crippen LogP) is 1.90. The molecule has 0 aromatic carbocycles.